The van der Waals surface area contributed by atoms with Gasteiger partial charge in [0.2, 0.25) is 0 Å². The zero-order valence-corrected chi connectivity index (χ0v) is 13.0. The van der Waals surface area contributed by atoms with Gasteiger partial charge in [0.25, 0.3) is 0 Å². The number of hydrogen-bond acceptors (Lipinski definition) is 2. The van der Waals surface area contributed by atoms with Crippen molar-refractivity contribution in [1.82, 2.24) is 0 Å². The molecule has 1 heterocycles. The van der Waals surface area contributed by atoms with E-state index in [1.54, 1.807) is 0 Å². The minimum atomic E-state index is 0.164. The Morgan fingerprint density at radius 1 is 1.32 bits per heavy atom. The minimum absolute atomic E-state index is 0.164. The Bertz CT molecular complexity index is 421. The van der Waals surface area contributed by atoms with Gasteiger partial charge in [-0.25, -0.2) is 0 Å². The third-order valence-electron chi connectivity index (χ3n) is 3.79. The van der Waals surface area contributed by atoms with Crippen LogP contribution in [0.4, 0.5) is 5.69 Å². The SMILES string of the molecule is CC(N)Cc1cc(Cl)ccc1N1CC(C)CC(C)C1. The fourth-order valence-electron chi connectivity index (χ4n) is 3.23. The average molecular weight is 281 g/mol. The highest BCUT2D eigenvalue weighted by Crippen LogP contribution is 2.31. The lowest BCUT2D eigenvalue weighted by molar-refractivity contribution is 0.356. The first-order valence-electron chi connectivity index (χ1n) is 7.24. The van der Waals surface area contributed by atoms with Crippen LogP contribution < -0.4 is 10.6 Å². The summed E-state index contributed by atoms with van der Waals surface area (Å²) < 4.78 is 0. The number of benzene rings is 1. The van der Waals surface area contributed by atoms with Crippen LogP contribution in [0, 0.1) is 11.8 Å². The number of piperidine rings is 1. The lowest BCUT2D eigenvalue weighted by Gasteiger charge is -2.38. The second-order valence-electron chi connectivity index (χ2n) is 6.31. The van der Waals surface area contributed by atoms with Gasteiger partial charge in [-0.1, -0.05) is 25.4 Å². The zero-order valence-electron chi connectivity index (χ0n) is 12.2. The third-order valence-corrected chi connectivity index (χ3v) is 4.03. The van der Waals surface area contributed by atoms with Crippen molar-refractivity contribution in [2.75, 3.05) is 18.0 Å². The largest absolute Gasteiger partial charge is 0.371 e. The number of rotatable bonds is 3. The molecule has 1 aliphatic heterocycles. The maximum Gasteiger partial charge on any atom is 0.0410 e. The van der Waals surface area contributed by atoms with Gasteiger partial charge in [-0.3, -0.25) is 0 Å². The Morgan fingerprint density at radius 2 is 1.95 bits per heavy atom. The highest BCUT2D eigenvalue weighted by atomic mass is 35.5. The van der Waals surface area contributed by atoms with Crippen molar-refractivity contribution in [1.29, 1.82) is 0 Å². The Morgan fingerprint density at radius 3 is 2.53 bits per heavy atom. The van der Waals surface area contributed by atoms with E-state index >= 15 is 0 Å². The van der Waals surface area contributed by atoms with E-state index in [1.165, 1.54) is 17.7 Å². The van der Waals surface area contributed by atoms with Crippen LogP contribution in [0.3, 0.4) is 0 Å². The van der Waals surface area contributed by atoms with E-state index in [9.17, 15) is 0 Å². The molecule has 0 radical (unpaired) electrons. The molecular weight excluding hydrogens is 256 g/mol. The molecule has 1 aromatic rings. The van der Waals surface area contributed by atoms with E-state index in [1.807, 2.05) is 13.0 Å². The molecule has 2 N–H and O–H groups in total. The quantitative estimate of drug-likeness (QED) is 0.914. The van der Waals surface area contributed by atoms with Crippen molar-refractivity contribution in [3.8, 4) is 0 Å². The van der Waals surface area contributed by atoms with Crippen LogP contribution in [0.25, 0.3) is 0 Å². The molecule has 3 atom stereocenters. The lowest BCUT2D eigenvalue weighted by Crippen LogP contribution is -2.39. The van der Waals surface area contributed by atoms with Crippen molar-refractivity contribution in [3.63, 3.8) is 0 Å². The Kier molecular flexibility index (Phi) is 4.75. The maximum atomic E-state index is 6.14. The summed E-state index contributed by atoms with van der Waals surface area (Å²) in [4.78, 5) is 2.51. The Hall–Kier alpha value is -0.730. The van der Waals surface area contributed by atoms with Gasteiger partial charge in [-0.15, -0.1) is 0 Å². The van der Waals surface area contributed by atoms with Crippen LogP contribution in [0.5, 0.6) is 0 Å². The van der Waals surface area contributed by atoms with Crippen LogP contribution in [0.1, 0.15) is 32.8 Å². The van der Waals surface area contributed by atoms with Crippen LogP contribution in [-0.4, -0.2) is 19.1 Å². The smallest absolute Gasteiger partial charge is 0.0410 e. The predicted octanol–water partition coefficient (Wildman–Crippen LogP) is 3.71. The maximum absolute atomic E-state index is 6.14. The standard InChI is InChI=1S/C16H25ClN2/c1-11-6-12(2)10-19(9-11)16-5-4-15(17)8-14(16)7-13(3)18/h4-5,8,11-13H,6-7,9-10,18H2,1-3H3. The molecule has 106 valence electrons. The van der Waals surface area contributed by atoms with Gasteiger partial charge >= 0.3 is 0 Å². The van der Waals surface area contributed by atoms with Crippen molar-refractivity contribution < 1.29 is 0 Å². The van der Waals surface area contributed by atoms with Crippen LogP contribution >= 0.6 is 11.6 Å². The molecule has 0 aliphatic carbocycles. The van der Waals surface area contributed by atoms with Gasteiger partial charge < -0.3 is 10.6 Å². The summed E-state index contributed by atoms with van der Waals surface area (Å²) in [5.74, 6) is 1.50. The molecule has 0 aromatic heterocycles. The van der Waals surface area contributed by atoms with Crippen molar-refractivity contribution >= 4 is 17.3 Å². The third kappa shape index (κ3) is 3.87. The number of halogens is 1. The molecule has 0 saturated carbocycles. The fourth-order valence-corrected chi connectivity index (χ4v) is 3.43. The van der Waals surface area contributed by atoms with Crippen molar-refractivity contribution in [2.24, 2.45) is 17.6 Å². The van der Waals surface area contributed by atoms with Gasteiger partial charge in [0, 0.05) is 29.8 Å². The Balaban J connectivity index is 2.27. The molecule has 3 unspecified atom stereocenters. The van der Waals surface area contributed by atoms with Gasteiger partial charge in [-0.05, 0) is 55.4 Å². The highest BCUT2D eigenvalue weighted by Gasteiger charge is 2.23. The molecule has 0 bridgehead atoms. The first kappa shape index (κ1) is 14.7. The molecule has 2 rings (SSSR count). The summed E-state index contributed by atoms with van der Waals surface area (Å²) in [6.07, 6.45) is 2.21. The number of hydrogen-bond donors (Lipinski definition) is 1. The summed E-state index contributed by atoms with van der Waals surface area (Å²) in [6.45, 7) is 9.00. The average Bonchev–Trinajstić information content (AvgIpc) is 2.26. The molecule has 2 nitrogen and oxygen atoms in total. The van der Waals surface area contributed by atoms with Gasteiger partial charge in [0.15, 0.2) is 0 Å². The summed E-state index contributed by atoms with van der Waals surface area (Å²) in [5.41, 5.74) is 8.57. The number of anilines is 1. The molecule has 0 amide bonds. The zero-order chi connectivity index (χ0) is 14.0. The molecule has 1 fully saturated rings. The van der Waals surface area contributed by atoms with Crippen LogP contribution in [-0.2, 0) is 6.42 Å². The topological polar surface area (TPSA) is 29.3 Å². The molecule has 1 saturated heterocycles. The van der Waals surface area contributed by atoms with E-state index in [0.29, 0.717) is 0 Å². The van der Waals surface area contributed by atoms with Gasteiger partial charge in [0.1, 0.15) is 0 Å². The van der Waals surface area contributed by atoms with Crippen LogP contribution in [0.15, 0.2) is 18.2 Å². The monoisotopic (exact) mass is 280 g/mol. The summed E-state index contributed by atoms with van der Waals surface area (Å²) in [5, 5.41) is 0.803. The van der Waals surface area contributed by atoms with Crippen molar-refractivity contribution in [3.05, 3.63) is 28.8 Å². The summed E-state index contributed by atoms with van der Waals surface area (Å²) >= 11 is 6.14. The van der Waals surface area contributed by atoms with Crippen LogP contribution in [0.2, 0.25) is 5.02 Å². The molecule has 0 spiro atoms. The first-order chi connectivity index (χ1) is 8.95. The molecule has 1 aromatic carbocycles. The second-order valence-corrected chi connectivity index (χ2v) is 6.74. The van der Waals surface area contributed by atoms with E-state index in [0.717, 1.165) is 36.4 Å². The normalized spacial score (nSPS) is 25.4. The van der Waals surface area contributed by atoms with E-state index in [2.05, 4.69) is 30.9 Å². The molecule has 1 aliphatic rings. The van der Waals surface area contributed by atoms with E-state index in [-0.39, 0.29) is 6.04 Å². The summed E-state index contributed by atoms with van der Waals surface area (Å²) in [7, 11) is 0. The fraction of sp³-hybridized carbons (Fsp3) is 0.625. The molecule has 3 heteroatoms. The lowest BCUT2D eigenvalue weighted by atomic mass is 9.91. The highest BCUT2D eigenvalue weighted by molar-refractivity contribution is 6.30. The molecular formula is C16H25ClN2. The van der Waals surface area contributed by atoms with E-state index in [4.69, 9.17) is 17.3 Å². The Labute approximate surface area is 121 Å². The number of nitrogens with two attached hydrogens (primary N) is 1. The molecule has 19 heavy (non-hydrogen) atoms. The van der Waals surface area contributed by atoms with E-state index < -0.39 is 0 Å². The van der Waals surface area contributed by atoms with Gasteiger partial charge in [-0.2, -0.15) is 0 Å². The predicted molar refractivity (Wildman–Crippen MR) is 84.0 cm³/mol. The minimum Gasteiger partial charge on any atom is -0.371 e. The second kappa shape index (κ2) is 6.15. The summed E-state index contributed by atoms with van der Waals surface area (Å²) in [6, 6.07) is 6.39. The van der Waals surface area contributed by atoms with Gasteiger partial charge in [0.05, 0.1) is 0 Å². The number of nitrogens with zero attached hydrogens (tertiary/aromatic N) is 1. The van der Waals surface area contributed by atoms with Crippen molar-refractivity contribution in [2.45, 2.75) is 39.7 Å². The first-order valence-corrected chi connectivity index (χ1v) is 7.62.